The highest BCUT2D eigenvalue weighted by atomic mass is 16.6. The summed E-state index contributed by atoms with van der Waals surface area (Å²) in [4.78, 5) is 38.3. The lowest BCUT2D eigenvalue weighted by Gasteiger charge is -2.18. The summed E-state index contributed by atoms with van der Waals surface area (Å²) >= 11 is 0. The van der Waals surface area contributed by atoms with Crippen LogP contribution in [0.15, 0.2) is 72.9 Å². The fraction of sp³-hybridized carbons (Fsp3) is 0.803. The van der Waals surface area contributed by atoms with E-state index in [-0.39, 0.29) is 31.1 Å². The van der Waals surface area contributed by atoms with Crippen molar-refractivity contribution >= 4 is 17.9 Å². The van der Waals surface area contributed by atoms with Crippen molar-refractivity contribution in [2.45, 2.75) is 380 Å². The Morgan fingerprint density at radius 1 is 0.256 bits per heavy atom. The largest absolute Gasteiger partial charge is 0.462 e. The fourth-order valence-corrected chi connectivity index (χ4v) is 10.6. The molecule has 0 aromatic heterocycles. The second-order valence-corrected chi connectivity index (χ2v) is 24.1. The highest BCUT2D eigenvalue weighted by Crippen LogP contribution is 2.19. The lowest BCUT2D eigenvalue weighted by molar-refractivity contribution is -0.167. The Kier molecular flexibility index (Phi) is 67.6. The van der Waals surface area contributed by atoms with E-state index < -0.39 is 6.10 Å². The monoisotopic (exact) mass is 1150 g/mol. The van der Waals surface area contributed by atoms with Gasteiger partial charge in [0.1, 0.15) is 13.2 Å². The molecule has 0 amide bonds. The van der Waals surface area contributed by atoms with Gasteiger partial charge in [0.2, 0.25) is 0 Å². The molecule has 0 rings (SSSR count). The van der Waals surface area contributed by atoms with Crippen LogP contribution in [-0.4, -0.2) is 37.2 Å². The standard InChI is InChI=1S/C76H136O6/c1-4-7-10-13-16-19-22-25-27-29-30-31-32-33-34-35-36-37-38-39-40-41-42-43-44-45-47-48-51-54-57-60-63-66-69-75(78)81-72-73(71-80-74(77)68-65-62-59-56-53-50-24-21-18-15-12-9-6-3)82-76(79)70-67-64-61-58-55-52-49-46-28-26-23-20-17-14-11-8-5-2/h8,11-12,15,17,20-21,24,26,28,49,52,73H,4-7,9-10,13-14,16,18-19,22-23,25,27,29-48,50-51,53-72H2,1-3H3/b11-8-,15-12-,20-17-,24-21-,28-26-,52-49-. The van der Waals surface area contributed by atoms with Crippen LogP contribution in [0.4, 0.5) is 0 Å². The molecule has 476 valence electrons. The molecule has 0 fully saturated rings. The third-order valence-corrected chi connectivity index (χ3v) is 15.9. The van der Waals surface area contributed by atoms with Gasteiger partial charge in [0.05, 0.1) is 0 Å². The second kappa shape index (κ2) is 70.3. The first kappa shape index (κ1) is 78.8. The predicted molar refractivity (Wildman–Crippen MR) is 358 cm³/mol. The predicted octanol–water partition coefficient (Wildman–Crippen LogP) is 24.8. The molecule has 0 saturated heterocycles. The van der Waals surface area contributed by atoms with Crippen molar-refractivity contribution in [2.75, 3.05) is 13.2 Å². The molecule has 0 N–H and O–H groups in total. The van der Waals surface area contributed by atoms with Crippen molar-refractivity contribution in [1.82, 2.24) is 0 Å². The van der Waals surface area contributed by atoms with E-state index in [1.54, 1.807) is 0 Å². The van der Waals surface area contributed by atoms with E-state index in [2.05, 4.69) is 93.7 Å². The van der Waals surface area contributed by atoms with Crippen molar-refractivity contribution < 1.29 is 28.6 Å². The lowest BCUT2D eigenvalue weighted by Crippen LogP contribution is -2.30. The minimum atomic E-state index is -0.795. The smallest absolute Gasteiger partial charge is 0.306 e. The molecule has 0 aliphatic rings. The van der Waals surface area contributed by atoms with Gasteiger partial charge >= 0.3 is 17.9 Å². The number of esters is 3. The first-order valence-corrected chi connectivity index (χ1v) is 35.9. The summed E-state index contributed by atoms with van der Waals surface area (Å²) in [5, 5.41) is 0. The van der Waals surface area contributed by atoms with Crippen LogP contribution in [0, 0.1) is 0 Å². The maximum absolute atomic E-state index is 12.9. The van der Waals surface area contributed by atoms with Crippen LogP contribution >= 0.6 is 0 Å². The molecule has 0 aliphatic carbocycles. The van der Waals surface area contributed by atoms with Gasteiger partial charge in [-0.1, -0.05) is 344 Å². The van der Waals surface area contributed by atoms with Gasteiger partial charge in [0.15, 0.2) is 6.10 Å². The average molecular weight is 1150 g/mol. The molecule has 0 aliphatic heterocycles. The molecule has 0 radical (unpaired) electrons. The summed E-state index contributed by atoms with van der Waals surface area (Å²) < 4.78 is 16.9. The molecule has 0 spiro atoms. The SMILES string of the molecule is CC/C=C\C/C=C\C/C=C\C/C=C\CCCCCCC(=O)OC(COC(=O)CCCCCCC/C=C\C/C=C\CCC)COC(=O)CCCCCCCCCCCCCCCCCCCCCCCCCCCCCCCCCCCC. The van der Waals surface area contributed by atoms with Gasteiger partial charge in [-0.3, -0.25) is 14.4 Å². The number of carbonyl (C=O) groups excluding carboxylic acids is 3. The van der Waals surface area contributed by atoms with E-state index in [0.29, 0.717) is 19.3 Å². The Bertz CT molecular complexity index is 1500. The third kappa shape index (κ3) is 67.6. The molecule has 6 nitrogen and oxygen atoms in total. The minimum Gasteiger partial charge on any atom is -0.462 e. The number of unbranched alkanes of at least 4 members (excludes halogenated alkanes) is 43. The Hall–Kier alpha value is -3.15. The zero-order valence-electron chi connectivity index (χ0n) is 54.8. The molecule has 0 saturated carbocycles. The van der Waals surface area contributed by atoms with Crippen molar-refractivity contribution in [3.63, 3.8) is 0 Å². The number of hydrogen-bond acceptors (Lipinski definition) is 6. The zero-order valence-corrected chi connectivity index (χ0v) is 54.8. The number of hydrogen-bond donors (Lipinski definition) is 0. The molecular weight excluding hydrogens is 1010 g/mol. The zero-order chi connectivity index (χ0) is 59.2. The van der Waals surface area contributed by atoms with E-state index in [1.807, 2.05) is 0 Å². The number of rotatable bonds is 66. The Balaban J connectivity index is 4.12. The maximum Gasteiger partial charge on any atom is 0.306 e. The van der Waals surface area contributed by atoms with Gasteiger partial charge in [-0.25, -0.2) is 0 Å². The van der Waals surface area contributed by atoms with Crippen LogP contribution in [0.5, 0.6) is 0 Å². The normalized spacial score (nSPS) is 12.5. The molecule has 0 aromatic carbocycles. The quantitative estimate of drug-likeness (QED) is 0.0261. The summed E-state index contributed by atoms with van der Waals surface area (Å²) in [5.41, 5.74) is 0. The summed E-state index contributed by atoms with van der Waals surface area (Å²) in [7, 11) is 0. The van der Waals surface area contributed by atoms with Gasteiger partial charge in [-0.2, -0.15) is 0 Å². The summed E-state index contributed by atoms with van der Waals surface area (Å²) in [6.07, 6.45) is 92.5. The molecule has 1 unspecified atom stereocenters. The first-order chi connectivity index (χ1) is 40.5. The van der Waals surface area contributed by atoms with Crippen LogP contribution in [-0.2, 0) is 28.6 Å². The first-order valence-electron chi connectivity index (χ1n) is 35.9. The Morgan fingerprint density at radius 2 is 0.500 bits per heavy atom. The number of ether oxygens (including phenoxy) is 3. The molecule has 82 heavy (non-hydrogen) atoms. The van der Waals surface area contributed by atoms with Crippen molar-refractivity contribution in [3.05, 3.63) is 72.9 Å². The minimum absolute atomic E-state index is 0.0874. The van der Waals surface area contributed by atoms with E-state index in [0.717, 1.165) is 128 Å². The summed E-state index contributed by atoms with van der Waals surface area (Å²) in [6.45, 7) is 6.48. The molecule has 0 bridgehead atoms. The van der Waals surface area contributed by atoms with Gasteiger partial charge in [-0.15, -0.1) is 0 Å². The van der Waals surface area contributed by atoms with Gasteiger partial charge in [-0.05, 0) is 83.5 Å². The molecule has 6 heteroatoms. The van der Waals surface area contributed by atoms with E-state index >= 15 is 0 Å². The maximum atomic E-state index is 12.9. The fourth-order valence-electron chi connectivity index (χ4n) is 10.6. The topological polar surface area (TPSA) is 78.9 Å². The summed E-state index contributed by atoms with van der Waals surface area (Å²) in [5.74, 6) is -0.910. The molecule has 0 heterocycles. The van der Waals surface area contributed by atoms with Crippen molar-refractivity contribution in [1.29, 1.82) is 0 Å². The van der Waals surface area contributed by atoms with E-state index in [1.165, 1.54) is 205 Å². The van der Waals surface area contributed by atoms with Crippen LogP contribution in [0.1, 0.15) is 374 Å². The highest BCUT2D eigenvalue weighted by Gasteiger charge is 2.19. The van der Waals surface area contributed by atoms with Crippen LogP contribution < -0.4 is 0 Å². The molecular formula is C76H136O6. The molecule has 1 atom stereocenters. The van der Waals surface area contributed by atoms with Gasteiger partial charge in [0.25, 0.3) is 0 Å². The van der Waals surface area contributed by atoms with Crippen molar-refractivity contribution in [3.8, 4) is 0 Å². The lowest BCUT2D eigenvalue weighted by atomic mass is 10.0. The van der Waals surface area contributed by atoms with Crippen molar-refractivity contribution in [2.24, 2.45) is 0 Å². The van der Waals surface area contributed by atoms with E-state index in [4.69, 9.17) is 14.2 Å². The van der Waals surface area contributed by atoms with Crippen LogP contribution in [0.3, 0.4) is 0 Å². The van der Waals surface area contributed by atoms with Crippen LogP contribution in [0.2, 0.25) is 0 Å². The highest BCUT2D eigenvalue weighted by molar-refractivity contribution is 5.71. The number of carbonyl (C=O) groups is 3. The van der Waals surface area contributed by atoms with E-state index in [9.17, 15) is 14.4 Å². The van der Waals surface area contributed by atoms with Gasteiger partial charge in [0, 0.05) is 19.3 Å². The van der Waals surface area contributed by atoms with Gasteiger partial charge < -0.3 is 14.2 Å². The Morgan fingerprint density at radius 3 is 0.793 bits per heavy atom. The molecule has 0 aromatic rings. The Labute approximate surface area is 510 Å². The second-order valence-electron chi connectivity index (χ2n) is 24.1. The summed E-state index contributed by atoms with van der Waals surface area (Å²) in [6, 6.07) is 0. The average Bonchev–Trinajstić information content (AvgIpc) is 3.47. The van der Waals surface area contributed by atoms with Crippen LogP contribution in [0.25, 0.3) is 0 Å². The third-order valence-electron chi connectivity index (χ3n) is 15.9. The number of allylic oxidation sites excluding steroid dienone is 12.